The SMILES string of the molecule is CCOC(=O)c1ccc(OCC(=O)NNC(=S)NC(=O)C=Cc2ccc(OC)cc2)cc1. The highest BCUT2D eigenvalue weighted by Gasteiger charge is 2.08. The molecule has 32 heavy (non-hydrogen) atoms. The molecular weight excluding hydrogens is 434 g/mol. The van der Waals surface area contributed by atoms with Crippen molar-refractivity contribution in [3.8, 4) is 11.5 Å². The monoisotopic (exact) mass is 457 g/mol. The fourth-order valence-electron chi connectivity index (χ4n) is 2.28. The zero-order valence-corrected chi connectivity index (χ0v) is 18.4. The first-order chi connectivity index (χ1) is 15.4. The Hall–Kier alpha value is -3.92. The molecule has 2 aromatic rings. The molecule has 0 spiro atoms. The van der Waals surface area contributed by atoms with E-state index in [2.05, 4.69) is 16.2 Å². The third kappa shape index (κ3) is 8.44. The van der Waals surface area contributed by atoms with E-state index in [-0.39, 0.29) is 18.3 Å². The summed E-state index contributed by atoms with van der Waals surface area (Å²) in [7, 11) is 1.57. The fraction of sp³-hybridized carbons (Fsp3) is 0.182. The predicted molar refractivity (Wildman–Crippen MR) is 122 cm³/mol. The van der Waals surface area contributed by atoms with Crippen LogP contribution in [0.5, 0.6) is 11.5 Å². The first-order valence-corrected chi connectivity index (χ1v) is 9.94. The lowest BCUT2D eigenvalue weighted by molar-refractivity contribution is -0.123. The number of esters is 1. The van der Waals surface area contributed by atoms with Gasteiger partial charge in [-0.3, -0.25) is 25.8 Å². The van der Waals surface area contributed by atoms with Crippen molar-refractivity contribution in [2.75, 3.05) is 20.3 Å². The van der Waals surface area contributed by atoms with Crippen LogP contribution in [0.25, 0.3) is 6.08 Å². The van der Waals surface area contributed by atoms with Crippen LogP contribution in [0, 0.1) is 0 Å². The van der Waals surface area contributed by atoms with Crippen molar-refractivity contribution in [1.29, 1.82) is 0 Å². The summed E-state index contributed by atoms with van der Waals surface area (Å²) < 4.78 is 15.3. The third-order valence-electron chi connectivity index (χ3n) is 3.83. The Morgan fingerprint density at radius 2 is 1.62 bits per heavy atom. The summed E-state index contributed by atoms with van der Waals surface area (Å²) >= 11 is 4.96. The van der Waals surface area contributed by atoms with Gasteiger partial charge in [0.25, 0.3) is 5.91 Å². The molecule has 0 unspecified atom stereocenters. The summed E-state index contributed by atoms with van der Waals surface area (Å²) in [5.74, 6) is -0.316. The quantitative estimate of drug-likeness (QED) is 0.239. The topological polar surface area (TPSA) is 115 Å². The van der Waals surface area contributed by atoms with Gasteiger partial charge in [-0.05, 0) is 67.2 Å². The predicted octanol–water partition coefficient (Wildman–Crippen LogP) is 1.99. The van der Waals surface area contributed by atoms with E-state index in [9.17, 15) is 14.4 Å². The largest absolute Gasteiger partial charge is 0.497 e. The number of rotatable bonds is 8. The smallest absolute Gasteiger partial charge is 0.338 e. The Labute approximate surface area is 190 Å². The van der Waals surface area contributed by atoms with E-state index >= 15 is 0 Å². The van der Waals surface area contributed by atoms with Gasteiger partial charge < -0.3 is 14.2 Å². The molecule has 0 bridgehead atoms. The highest BCUT2D eigenvalue weighted by molar-refractivity contribution is 7.80. The molecule has 2 aromatic carbocycles. The minimum absolute atomic E-state index is 0.0819. The van der Waals surface area contributed by atoms with Crippen molar-refractivity contribution in [1.82, 2.24) is 16.2 Å². The number of benzene rings is 2. The van der Waals surface area contributed by atoms with Crippen LogP contribution in [0.2, 0.25) is 0 Å². The van der Waals surface area contributed by atoms with Crippen LogP contribution in [0.15, 0.2) is 54.6 Å². The van der Waals surface area contributed by atoms with E-state index in [1.54, 1.807) is 56.5 Å². The standard InChI is InChI=1S/C22H23N3O6S/c1-3-30-21(28)16-7-11-18(12-8-16)31-14-20(27)24-25-22(32)23-19(26)13-6-15-4-9-17(29-2)10-5-15/h4-13H,3,14H2,1-2H3,(H,24,27)(H2,23,25,26,32). The summed E-state index contributed by atoms with van der Waals surface area (Å²) in [6, 6.07) is 13.3. The molecule has 0 aromatic heterocycles. The third-order valence-corrected chi connectivity index (χ3v) is 4.03. The van der Waals surface area contributed by atoms with Gasteiger partial charge in [0.05, 0.1) is 19.3 Å². The summed E-state index contributed by atoms with van der Waals surface area (Å²) in [6.45, 7) is 1.70. The lowest BCUT2D eigenvalue weighted by Gasteiger charge is -2.11. The average molecular weight is 458 g/mol. The second-order valence-electron chi connectivity index (χ2n) is 6.13. The molecule has 0 aliphatic rings. The molecule has 0 aliphatic heterocycles. The highest BCUT2D eigenvalue weighted by atomic mass is 32.1. The molecule has 2 amide bonds. The van der Waals surface area contributed by atoms with Gasteiger partial charge in [0.2, 0.25) is 5.91 Å². The number of hydrogen-bond acceptors (Lipinski definition) is 7. The molecule has 9 nitrogen and oxygen atoms in total. The molecule has 0 fully saturated rings. The van der Waals surface area contributed by atoms with E-state index < -0.39 is 17.8 Å². The highest BCUT2D eigenvalue weighted by Crippen LogP contribution is 2.13. The number of thiocarbonyl (C=S) groups is 1. The van der Waals surface area contributed by atoms with Crippen LogP contribution in [-0.4, -0.2) is 43.2 Å². The Morgan fingerprint density at radius 1 is 0.969 bits per heavy atom. The Balaban J connectivity index is 1.69. The maximum Gasteiger partial charge on any atom is 0.338 e. The zero-order valence-electron chi connectivity index (χ0n) is 17.5. The number of methoxy groups -OCH3 is 1. The van der Waals surface area contributed by atoms with Crippen molar-refractivity contribution in [2.45, 2.75) is 6.92 Å². The summed E-state index contributed by atoms with van der Waals surface area (Å²) in [5, 5.41) is 2.32. The molecule has 3 N–H and O–H groups in total. The maximum absolute atomic E-state index is 11.9. The van der Waals surface area contributed by atoms with Crippen LogP contribution in [0.4, 0.5) is 0 Å². The average Bonchev–Trinajstić information content (AvgIpc) is 2.81. The van der Waals surface area contributed by atoms with Crippen molar-refractivity contribution in [2.24, 2.45) is 0 Å². The first kappa shape index (κ1) is 24.4. The number of carbonyl (C=O) groups is 3. The summed E-state index contributed by atoms with van der Waals surface area (Å²) in [4.78, 5) is 35.4. The molecule has 168 valence electrons. The van der Waals surface area contributed by atoms with Gasteiger partial charge in [-0.2, -0.15) is 0 Å². The molecule has 0 atom stereocenters. The van der Waals surface area contributed by atoms with E-state index in [1.165, 1.54) is 18.2 Å². The van der Waals surface area contributed by atoms with Crippen molar-refractivity contribution >= 4 is 41.2 Å². The maximum atomic E-state index is 11.9. The number of hydrazine groups is 1. The van der Waals surface area contributed by atoms with E-state index in [0.29, 0.717) is 17.1 Å². The zero-order chi connectivity index (χ0) is 23.3. The second-order valence-corrected chi connectivity index (χ2v) is 6.54. The Bertz CT molecular complexity index is 974. The van der Waals surface area contributed by atoms with Crippen molar-refractivity contribution in [3.05, 3.63) is 65.7 Å². The fourth-order valence-corrected chi connectivity index (χ4v) is 2.44. The number of amides is 2. The molecule has 0 radical (unpaired) electrons. The number of carbonyl (C=O) groups excluding carboxylic acids is 3. The van der Waals surface area contributed by atoms with Crippen molar-refractivity contribution < 1.29 is 28.6 Å². The minimum atomic E-state index is -0.523. The van der Waals surface area contributed by atoms with Crippen LogP contribution in [-0.2, 0) is 14.3 Å². The lowest BCUT2D eigenvalue weighted by atomic mass is 10.2. The molecule has 0 aliphatic carbocycles. The normalized spacial score (nSPS) is 10.2. The van der Waals surface area contributed by atoms with E-state index in [4.69, 9.17) is 26.4 Å². The van der Waals surface area contributed by atoms with Gasteiger partial charge in [-0.15, -0.1) is 0 Å². The van der Waals surface area contributed by atoms with Gasteiger partial charge in [-0.25, -0.2) is 4.79 Å². The second kappa shape index (κ2) is 12.7. The van der Waals surface area contributed by atoms with E-state index in [1.807, 2.05) is 0 Å². The van der Waals surface area contributed by atoms with Crippen LogP contribution in [0.1, 0.15) is 22.8 Å². The van der Waals surface area contributed by atoms with Gasteiger partial charge in [0.1, 0.15) is 11.5 Å². The summed E-state index contributed by atoms with van der Waals surface area (Å²) in [5.41, 5.74) is 5.91. The minimum Gasteiger partial charge on any atom is -0.497 e. The number of ether oxygens (including phenoxy) is 3. The molecule has 0 heterocycles. The van der Waals surface area contributed by atoms with Crippen LogP contribution < -0.4 is 25.6 Å². The first-order valence-electron chi connectivity index (χ1n) is 9.53. The lowest BCUT2D eigenvalue weighted by Crippen LogP contribution is -2.49. The van der Waals surface area contributed by atoms with Gasteiger partial charge in [0.15, 0.2) is 11.7 Å². The molecule has 2 rings (SSSR count). The molecule has 0 saturated carbocycles. The van der Waals surface area contributed by atoms with Crippen molar-refractivity contribution in [3.63, 3.8) is 0 Å². The number of nitrogens with one attached hydrogen (secondary N) is 3. The van der Waals surface area contributed by atoms with Gasteiger partial charge >= 0.3 is 5.97 Å². The van der Waals surface area contributed by atoms with Crippen LogP contribution in [0.3, 0.4) is 0 Å². The Morgan fingerprint density at radius 3 is 2.25 bits per heavy atom. The van der Waals surface area contributed by atoms with E-state index in [0.717, 1.165) is 5.56 Å². The van der Waals surface area contributed by atoms with Crippen LogP contribution >= 0.6 is 12.2 Å². The molecule has 10 heteroatoms. The summed E-state index contributed by atoms with van der Waals surface area (Å²) in [6.07, 6.45) is 2.91. The molecular formula is C22H23N3O6S. The van der Waals surface area contributed by atoms with Gasteiger partial charge in [0, 0.05) is 6.08 Å². The number of hydrogen-bond donors (Lipinski definition) is 3. The van der Waals surface area contributed by atoms with Gasteiger partial charge in [-0.1, -0.05) is 12.1 Å². The molecule has 0 saturated heterocycles. The Kier molecular flexibility index (Phi) is 9.67.